The Morgan fingerprint density at radius 3 is 1.77 bits per heavy atom. The average molecular weight is 714 g/mol. The van der Waals surface area contributed by atoms with E-state index in [2.05, 4.69) is 224 Å². The van der Waals surface area contributed by atoms with E-state index in [0.29, 0.717) is 0 Å². The van der Waals surface area contributed by atoms with Gasteiger partial charge in [-0.15, -0.1) is 0 Å². The van der Waals surface area contributed by atoms with Gasteiger partial charge in [-0.25, -0.2) is 0 Å². The zero-order valence-electron chi connectivity index (χ0n) is 31.1. The Morgan fingerprint density at radius 1 is 0.375 bits per heavy atom. The molecule has 1 nitrogen and oxygen atoms in total. The minimum absolute atomic E-state index is 0.871. The fourth-order valence-corrected chi connectivity index (χ4v) is 8.36. The first-order valence-corrected chi connectivity index (χ1v) is 19.3. The van der Waals surface area contributed by atoms with E-state index >= 15 is 0 Å². The molecule has 1 aliphatic carbocycles. The smallest absolute Gasteiger partial charge is 0.0547 e. The molecule has 0 saturated carbocycles. The van der Waals surface area contributed by atoms with Crippen molar-refractivity contribution >= 4 is 27.4 Å². The molecule has 0 amide bonds. The van der Waals surface area contributed by atoms with E-state index in [1.807, 2.05) is 0 Å². The van der Waals surface area contributed by atoms with Crippen molar-refractivity contribution in [2.45, 2.75) is 6.42 Å². The van der Waals surface area contributed by atoms with Crippen LogP contribution in [0, 0.1) is 0 Å². The molecule has 10 rings (SSSR count). The van der Waals surface area contributed by atoms with Crippen molar-refractivity contribution in [3.05, 3.63) is 230 Å². The molecule has 1 aliphatic rings. The zero-order chi connectivity index (χ0) is 37.4. The van der Waals surface area contributed by atoms with E-state index in [0.717, 1.165) is 23.2 Å². The molecule has 0 bridgehead atoms. The van der Waals surface area contributed by atoms with Crippen LogP contribution in [0.5, 0.6) is 0 Å². The molecular formula is C55H39N. The molecule has 0 radical (unpaired) electrons. The highest BCUT2D eigenvalue weighted by Gasteiger charge is 2.17. The molecule has 0 N–H and O–H groups in total. The van der Waals surface area contributed by atoms with Gasteiger partial charge in [0.05, 0.1) is 11.0 Å². The van der Waals surface area contributed by atoms with Crippen molar-refractivity contribution in [1.29, 1.82) is 0 Å². The highest BCUT2D eigenvalue weighted by Crippen LogP contribution is 2.41. The van der Waals surface area contributed by atoms with Gasteiger partial charge in [-0.1, -0.05) is 164 Å². The summed E-state index contributed by atoms with van der Waals surface area (Å²) in [5.74, 6) is 0. The van der Waals surface area contributed by atoms with Gasteiger partial charge in [0.25, 0.3) is 0 Å². The van der Waals surface area contributed by atoms with E-state index in [1.165, 1.54) is 83.0 Å². The normalized spacial score (nSPS) is 13.6. The molecule has 0 fully saturated rings. The highest BCUT2D eigenvalue weighted by atomic mass is 15.0. The Morgan fingerprint density at radius 2 is 0.964 bits per heavy atom. The quantitative estimate of drug-likeness (QED) is 0.167. The number of nitrogens with zero attached hydrogens (tertiary/aromatic N) is 1. The molecule has 1 heterocycles. The van der Waals surface area contributed by atoms with Gasteiger partial charge in [-0.05, 0) is 133 Å². The van der Waals surface area contributed by atoms with Crippen molar-refractivity contribution in [1.82, 2.24) is 4.57 Å². The standard InChI is InChI=1S/C55H39N/c1-38-16-5-2-8-19-40-20-11-12-25-50(40)53-36-43(28-30-49(38)53)46-33-45(42-22-15-21-41(32-42)39-17-6-3-7-18-39)34-47(35-46)44-29-31-52-51-26-13-14-27-54(51)56(55(52)37-44)48-23-9-4-10-24-48/h2-18,20-37H,1,19H2/b8-2-,16-5-. The molecule has 264 valence electrons. The van der Waals surface area contributed by atoms with Gasteiger partial charge in [0.15, 0.2) is 0 Å². The van der Waals surface area contributed by atoms with E-state index in [1.54, 1.807) is 0 Å². The van der Waals surface area contributed by atoms with Crippen LogP contribution in [0.2, 0.25) is 0 Å². The lowest BCUT2D eigenvalue weighted by molar-refractivity contribution is 1.18. The largest absolute Gasteiger partial charge is 0.309 e. The van der Waals surface area contributed by atoms with Crippen LogP contribution in [0.1, 0.15) is 11.1 Å². The number of benzene rings is 8. The van der Waals surface area contributed by atoms with Crippen LogP contribution in [0.3, 0.4) is 0 Å². The molecule has 9 aromatic rings. The number of aromatic nitrogens is 1. The van der Waals surface area contributed by atoms with Crippen molar-refractivity contribution in [3.63, 3.8) is 0 Å². The SMILES string of the molecule is C=C1/C=C\C=C/Cc2ccccc2-c2cc(-c3cc(-c4cccc(-c5ccccc5)c4)cc(-c4ccc5c6ccccc6n(-c6ccccc6)c5c4)c3)ccc21. The first-order chi connectivity index (χ1) is 27.7. The average Bonchev–Trinajstić information content (AvgIpc) is 3.60. The molecule has 0 unspecified atom stereocenters. The number of para-hydroxylation sites is 2. The van der Waals surface area contributed by atoms with Crippen LogP contribution in [0.25, 0.3) is 88.7 Å². The number of fused-ring (bicyclic) bond motifs is 6. The summed E-state index contributed by atoms with van der Waals surface area (Å²) in [6.45, 7) is 4.49. The summed E-state index contributed by atoms with van der Waals surface area (Å²) in [6.07, 6.45) is 9.44. The number of hydrogen-bond donors (Lipinski definition) is 0. The minimum Gasteiger partial charge on any atom is -0.309 e. The number of rotatable bonds is 5. The molecule has 1 aromatic heterocycles. The molecule has 0 saturated heterocycles. The van der Waals surface area contributed by atoms with Gasteiger partial charge in [-0.3, -0.25) is 0 Å². The van der Waals surface area contributed by atoms with Crippen molar-refractivity contribution in [3.8, 4) is 61.3 Å². The third-order valence-corrected chi connectivity index (χ3v) is 11.1. The Bertz CT molecular complexity index is 2990. The van der Waals surface area contributed by atoms with Crippen LogP contribution in [0.4, 0.5) is 0 Å². The molecule has 0 spiro atoms. The lowest BCUT2D eigenvalue weighted by Crippen LogP contribution is -1.95. The number of hydrogen-bond acceptors (Lipinski definition) is 0. The zero-order valence-corrected chi connectivity index (χ0v) is 31.1. The van der Waals surface area contributed by atoms with Crippen molar-refractivity contribution in [2.75, 3.05) is 0 Å². The van der Waals surface area contributed by atoms with Crippen LogP contribution in [0.15, 0.2) is 219 Å². The van der Waals surface area contributed by atoms with E-state index < -0.39 is 0 Å². The number of allylic oxidation sites excluding steroid dienone is 5. The maximum absolute atomic E-state index is 4.49. The lowest BCUT2D eigenvalue weighted by atomic mass is 9.86. The van der Waals surface area contributed by atoms with Crippen LogP contribution in [-0.4, -0.2) is 4.57 Å². The minimum atomic E-state index is 0.871. The Kier molecular flexibility index (Phi) is 8.46. The summed E-state index contributed by atoms with van der Waals surface area (Å²) in [4.78, 5) is 0. The van der Waals surface area contributed by atoms with E-state index in [4.69, 9.17) is 0 Å². The van der Waals surface area contributed by atoms with E-state index in [-0.39, 0.29) is 0 Å². The third kappa shape index (κ3) is 6.10. The highest BCUT2D eigenvalue weighted by molar-refractivity contribution is 6.10. The van der Waals surface area contributed by atoms with Crippen molar-refractivity contribution < 1.29 is 0 Å². The molecule has 0 atom stereocenters. The second kappa shape index (κ2) is 14.2. The van der Waals surface area contributed by atoms with Gasteiger partial charge >= 0.3 is 0 Å². The summed E-state index contributed by atoms with van der Waals surface area (Å²) >= 11 is 0. The summed E-state index contributed by atoms with van der Waals surface area (Å²) in [7, 11) is 0. The Labute approximate surface area is 328 Å². The van der Waals surface area contributed by atoms with Crippen LogP contribution < -0.4 is 0 Å². The molecule has 8 aromatic carbocycles. The maximum atomic E-state index is 4.49. The second-order valence-electron chi connectivity index (χ2n) is 14.6. The maximum Gasteiger partial charge on any atom is 0.0547 e. The molecular weight excluding hydrogens is 675 g/mol. The second-order valence-corrected chi connectivity index (χ2v) is 14.6. The fraction of sp³-hybridized carbons (Fsp3) is 0.0182. The summed E-state index contributed by atoms with van der Waals surface area (Å²) < 4.78 is 2.40. The monoisotopic (exact) mass is 713 g/mol. The first-order valence-electron chi connectivity index (χ1n) is 19.3. The van der Waals surface area contributed by atoms with Gasteiger partial charge in [0, 0.05) is 16.5 Å². The van der Waals surface area contributed by atoms with Crippen LogP contribution in [-0.2, 0) is 6.42 Å². The van der Waals surface area contributed by atoms with Crippen molar-refractivity contribution in [2.24, 2.45) is 0 Å². The third-order valence-electron chi connectivity index (χ3n) is 11.1. The fourth-order valence-electron chi connectivity index (χ4n) is 8.36. The predicted octanol–water partition coefficient (Wildman–Crippen LogP) is 14.8. The Balaban J connectivity index is 1.19. The summed E-state index contributed by atoms with van der Waals surface area (Å²) in [5.41, 5.74) is 18.9. The van der Waals surface area contributed by atoms with E-state index in [9.17, 15) is 0 Å². The topological polar surface area (TPSA) is 4.93 Å². The molecule has 1 heteroatoms. The lowest BCUT2D eigenvalue weighted by Gasteiger charge is -2.18. The van der Waals surface area contributed by atoms with Gasteiger partial charge in [0.2, 0.25) is 0 Å². The van der Waals surface area contributed by atoms with Gasteiger partial charge < -0.3 is 4.57 Å². The predicted molar refractivity (Wildman–Crippen MR) is 239 cm³/mol. The molecule has 0 aliphatic heterocycles. The first kappa shape index (κ1) is 33.4. The summed E-state index contributed by atoms with van der Waals surface area (Å²) in [6, 6.07) is 68.7. The Hall–Kier alpha value is -7.22. The summed E-state index contributed by atoms with van der Waals surface area (Å²) in [5, 5.41) is 2.50. The van der Waals surface area contributed by atoms with Gasteiger partial charge in [0.1, 0.15) is 0 Å². The molecule has 56 heavy (non-hydrogen) atoms. The van der Waals surface area contributed by atoms with Gasteiger partial charge in [-0.2, -0.15) is 0 Å². The van der Waals surface area contributed by atoms with Crippen LogP contribution >= 0.6 is 0 Å².